The van der Waals surface area contributed by atoms with Crippen LogP contribution in [0.3, 0.4) is 0 Å². The molecule has 1 amide bonds. The van der Waals surface area contributed by atoms with E-state index in [0.717, 1.165) is 10.5 Å². The second kappa shape index (κ2) is 10.6. The van der Waals surface area contributed by atoms with E-state index in [0.29, 0.717) is 32.5 Å². The molecule has 166 valence electrons. The number of aryl methyl sites for hydroxylation is 1. The van der Waals surface area contributed by atoms with Gasteiger partial charge < -0.3 is 19.1 Å². The lowest BCUT2D eigenvalue weighted by Gasteiger charge is -2.40. The van der Waals surface area contributed by atoms with Crippen molar-refractivity contribution in [2.45, 2.75) is 49.0 Å². The van der Waals surface area contributed by atoms with Gasteiger partial charge in [0.05, 0.1) is 13.2 Å². The van der Waals surface area contributed by atoms with E-state index >= 15 is 0 Å². The minimum Gasteiger partial charge on any atom is -0.450 e. The third kappa shape index (κ3) is 5.73. The van der Waals surface area contributed by atoms with Crippen LogP contribution in [0.5, 0.6) is 0 Å². The molecular weight excluding hydrogens is 414 g/mol. The summed E-state index contributed by atoms with van der Waals surface area (Å²) >= 11 is 1.70. The van der Waals surface area contributed by atoms with Crippen LogP contribution in [0.2, 0.25) is 0 Å². The lowest BCUT2D eigenvalue weighted by atomic mass is 9.84. The van der Waals surface area contributed by atoms with Crippen LogP contribution in [0, 0.1) is 6.92 Å². The van der Waals surface area contributed by atoms with E-state index in [-0.39, 0.29) is 12.7 Å². The number of hydrogen-bond donors (Lipinski definition) is 0. The second-order valence-corrected chi connectivity index (χ2v) is 8.47. The Labute approximate surface area is 187 Å². The average Bonchev–Trinajstić information content (AvgIpc) is 2.76. The Morgan fingerprint density at radius 2 is 1.61 bits per heavy atom. The molecule has 0 aliphatic carbocycles. The van der Waals surface area contributed by atoms with Gasteiger partial charge in [0.1, 0.15) is 5.60 Å². The van der Waals surface area contributed by atoms with Crippen molar-refractivity contribution in [3.8, 4) is 0 Å². The van der Waals surface area contributed by atoms with Crippen LogP contribution in [0.15, 0.2) is 58.3 Å². The molecule has 0 bridgehead atoms. The number of carbonyl (C=O) groups excluding carboxylic acids is 2. The highest BCUT2D eigenvalue weighted by molar-refractivity contribution is 7.99. The Kier molecular flexibility index (Phi) is 7.85. The Hall–Kier alpha value is -2.67. The molecule has 0 spiro atoms. The van der Waals surface area contributed by atoms with Crippen LogP contribution in [0.4, 0.5) is 9.59 Å². The summed E-state index contributed by atoms with van der Waals surface area (Å²) in [5.41, 5.74) is 1.30. The van der Waals surface area contributed by atoms with Crippen molar-refractivity contribution < 1.29 is 23.8 Å². The number of hydrogen-bond acceptors (Lipinski definition) is 6. The molecule has 1 heterocycles. The topological polar surface area (TPSA) is 65.1 Å². The molecule has 0 atom stereocenters. The SMILES string of the molecule is CCOC(=O)OC1(c2ccc(Sc3ccccc3C)cc2)CCN(C(=O)OCC)CC1. The van der Waals surface area contributed by atoms with Crippen molar-refractivity contribution in [2.24, 2.45) is 0 Å². The minimum absolute atomic E-state index is 0.246. The minimum atomic E-state index is -0.832. The lowest BCUT2D eigenvalue weighted by Crippen LogP contribution is -2.47. The van der Waals surface area contributed by atoms with Crippen LogP contribution in [0.25, 0.3) is 0 Å². The summed E-state index contributed by atoms with van der Waals surface area (Å²) in [5.74, 6) is 0. The maximum atomic E-state index is 12.2. The number of likely N-dealkylation sites (tertiary alicyclic amines) is 1. The van der Waals surface area contributed by atoms with E-state index in [1.54, 1.807) is 30.5 Å². The summed E-state index contributed by atoms with van der Waals surface area (Å²) in [6.07, 6.45) is -0.0632. The summed E-state index contributed by atoms with van der Waals surface area (Å²) in [7, 11) is 0. The maximum Gasteiger partial charge on any atom is 0.509 e. The summed E-state index contributed by atoms with van der Waals surface area (Å²) in [5, 5.41) is 0. The summed E-state index contributed by atoms with van der Waals surface area (Å²) < 4.78 is 16.0. The molecule has 3 rings (SSSR count). The maximum absolute atomic E-state index is 12.2. The number of ether oxygens (including phenoxy) is 3. The predicted octanol–water partition coefficient (Wildman–Crippen LogP) is 5.77. The van der Waals surface area contributed by atoms with Gasteiger partial charge in [-0.25, -0.2) is 9.59 Å². The van der Waals surface area contributed by atoms with Crippen LogP contribution in [-0.2, 0) is 19.8 Å². The first-order valence-electron chi connectivity index (χ1n) is 10.6. The monoisotopic (exact) mass is 443 g/mol. The Morgan fingerprint density at radius 1 is 0.968 bits per heavy atom. The van der Waals surface area contributed by atoms with Crippen molar-refractivity contribution in [3.63, 3.8) is 0 Å². The van der Waals surface area contributed by atoms with E-state index in [4.69, 9.17) is 14.2 Å². The largest absolute Gasteiger partial charge is 0.509 e. The summed E-state index contributed by atoms with van der Waals surface area (Å²) in [6.45, 7) is 7.09. The Balaban J connectivity index is 1.78. The first kappa shape index (κ1) is 23.0. The molecule has 1 aliphatic heterocycles. The van der Waals surface area contributed by atoms with E-state index in [2.05, 4.69) is 19.1 Å². The number of rotatable bonds is 6. The van der Waals surface area contributed by atoms with E-state index in [1.807, 2.05) is 36.4 Å². The molecule has 2 aromatic carbocycles. The van der Waals surface area contributed by atoms with Gasteiger partial charge in [-0.15, -0.1) is 0 Å². The quantitative estimate of drug-likeness (QED) is 0.528. The smallest absolute Gasteiger partial charge is 0.450 e. The standard InChI is InChI=1S/C24H29NO5S/c1-4-28-22(26)25-16-14-24(15-17-25,30-23(27)29-5-2)19-10-12-20(13-11-19)31-21-9-7-6-8-18(21)3/h6-13H,4-5,14-17H2,1-3H3. The van der Waals surface area contributed by atoms with Crippen molar-refractivity contribution in [1.29, 1.82) is 0 Å². The molecule has 0 N–H and O–H groups in total. The van der Waals surface area contributed by atoms with Gasteiger partial charge in [-0.1, -0.05) is 42.1 Å². The molecule has 0 unspecified atom stereocenters. The van der Waals surface area contributed by atoms with Gasteiger partial charge in [-0.3, -0.25) is 0 Å². The van der Waals surface area contributed by atoms with E-state index in [1.165, 1.54) is 10.5 Å². The molecule has 1 fully saturated rings. The van der Waals surface area contributed by atoms with Gasteiger partial charge in [0.15, 0.2) is 0 Å². The van der Waals surface area contributed by atoms with Crippen molar-refractivity contribution >= 4 is 24.0 Å². The van der Waals surface area contributed by atoms with E-state index < -0.39 is 11.8 Å². The molecule has 0 saturated carbocycles. The second-order valence-electron chi connectivity index (χ2n) is 7.36. The van der Waals surface area contributed by atoms with Crippen LogP contribution in [-0.4, -0.2) is 43.5 Å². The zero-order chi connectivity index (χ0) is 22.3. The number of amides is 1. The average molecular weight is 444 g/mol. The van der Waals surface area contributed by atoms with Crippen molar-refractivity contribution in [3.05, 3.63) is 59.7 Å². The summed E-state index contributed by atoms with van der Waals surface area (Å²) in [6, 6.07) is 16.3. The molecular formula is C24H29NO5S. The van der Waals surface area contributed by atoms with Gasteiger partial charge >= 0.3 is 12.2 Å². The fourth-order valence-electron chi connectivity index (χ4n) is 3.65. The molecule has 31 heavy (non-hydrogen) atoms. The molecule has 0 radical (unpaired) electrons. The molecule has 1 aliphatic rings. The number of benzene rings is 2. The van der Waals surface area contributed by atoms with Gasteiger partial charge in [0.25, 0.3) is 0 Å². The van der Waals surface area contributed by atoms with Gasteiger partial charge in [0.2, 0.25) is 0 Å². The first-order valence-corrected chi connectivity index (χ1v) is 11.4. The zero-order valence-electron chi connectivity index (χ0n) is 18.3. The highest BCUT2D eigenvalue weighted by atomic mass is 32.2. The molecule has 6 nitrogen and oxygen atoms in total. The third-order valence-corrected chi connectivity index (χ3v) is 6.53. The zero-order valence-corrected chi connectivity index (χ0v) is 19.1. The molecule has 0 aromatic heterocycles. The van der Waals surface area contributed by atoms with Crippen LogP contribution < -0.4 is 0 Å². The number of nitrogens with zero attached hydrogens (tertiary/aromatic N) is 1. The third-order valence-electron chi connectivity index (χ3n) is 5.34. The van der Waals surface area contributed by atoms with Gasteiger partial charge in [-0.05, 0) is 50.1 Å². The number of piperidine rings is 1. The molecule has 7 heteroatoms. The first-order chi connectivity index (χ1) is 15.0. The van der Waals surface area contributed by atoms with Crippen LogP contribution >= 0.6 is 11.8 Å². The van der Waals surface area contributed by atoms with Crippen molar-refractivity contribution in [2.75, 3.05) is 26.3 Å². The van der Waals surface area contributed by atoms with Gasteiger partial charge in [0, 0.05) is 35.7 Å². The molecule has 1 saturated heterocycles. The van der Waals surface area contributed by atoms with Crippen LogP contribution in [0.1, 0.15) is 37.8 Å². The fourth-order valence-corrected chi connectivity index (χ4v) is 4.55. The van der Waals surface area contributed by atoms with Gasteiger partial charge in [-0.2, -0.15) is 0 Å². The molecule has 2 aromatic rings. The van der Waals surface area contributed by atoms with E-state index in [9.17, 15) is 9.59 Å². The number of carbonyl (C=O) groups is 2. The summed E-state index contributed by atoms with van der Waals surface area (Å²) in [4.78, 5) is 28.2. The predicted molar refractivity (Wildman–Crippen MR) is 119 cm³/mol. The highest BCUT2D eigenvalue weighted by Crippen LogP contribution is 2.39. The normalized spacial score (nSPS) is 15.3. The highest BCUT2D eigenvalue weighted by Gasteiger charge is 2.41. The fraction of sp³-hybridized carbons (Fsp3) is 0.417. The van der Waals surface area contributed by atoms with Crippen molar-refractivity contribution in [1.82, 2.24) is 4.90 Å². The Morgan fingerprint density at radius 3 is 2.23 bits per heavy atom. The Bertz CT molecular complexity index is 891. The lowest BCUT2D eigenvalue weighted by molar-refractivity contribution is -0.0686.